The maximum absolute atomic E-state index is 5.62. The van der Waals surface area contributed by atoms with Crippen LogP contribution in [0.1, 0.15) is 12.5 Å². The van der Waals surface area contributed by atoms with Gasteiger partial charge in [-0.3, -0.25) is 4.90 Å². The van der Waals surface area contributed by atoms with Crippen LogP contribution in [0.25, 0.3) is 0 Å². The van der Waals surface area contributed by atoms with Crippen molar-refractivity contribution in [2.24, 2.45) is 5.73 Å². The first kappa shape index (κ1) is 11.9. The summed E-state index contributed by atoms with van der Waals surface area (Å²) in [5.74, 6) is 6.90. The highest BCUT2D eigenvalue weighted by Crippen LogP contribution is 2.13. The molecule has 2 rings (SSSR count). The molecule has 1 aliphatic rings. The fourth-order valence-electron chi connectivity index (χ4n) is 1.95. The van der Waals surface area contributed by atoms with Crippen molar-refractivity contribution in [3.05, 3.63) is 23.9 Å². The van der Waals surface area contributed by atoms with E-state index in [9.17, 15) is 0 Å². The number of hydrogen-bond donors (Lipinski definition) is 1. The van der Waals surface area contributed by atoms with Gasteiger partial charge in [0.15, 0.2) is 0 Å². The highest BCUT2D eigenvalue weighted by molar-refractivity contribution is 5.43. The monoisotopic (exact) mass is 230 g/mol. The van der Waals surface area contributed by atoms with E-state index in [1.807, 2.05) is 25.3 Å². The van der Waals surface area contributed by atoms with Crippen LogP contribution >= 0.6 is 0 Å². The second kappa shape index (κ2) is 5.67. The topological polar surface area (TPSA) is 45.4 Å². The van der Waals surface area contributed by atoms with Crippen molar-refractivity contribution in [1.82, 2.24) is 9.88 Å². The van der Waals surface area contributed by atoms with Gasteiger partial charge in [0.25, 0.3) is 0 Å². The molecule has 0 amide bonds. The van der Waals surface area contributed by atoms with Gasteiger partial charge in [0, 0.05) is 44.6 Å². The first-order valence-electron chi connectivity index (χ1n) is 5.89. The minimum Gasteiger partial charge on any atom is -0.354 e. The number of aromatic nitrogens is 1. The Hall–Kier alpha value is -1.57. The number of nitrogens with two attached hydrogens (primary N) is 1. The Labute approximate surface area is 102 Å². The van der Waals surface area contributed by atoms with Crippen LogP contribution in [0.5, 0.6) is 0 Å². The summed E-state index contributed by atoms with van der Waals surface area (Å²) in [5.41, 5.74) is 6.59. The maximum Gasteiger partial charge on any atom is 0.128 e. The van der Waals surface area contributed by atoms with Crippen LogP contribution in [0, 0.1) is 11.8 Å². The van der Waals surface area contributed by atoms with Crippen LogP contribution in [0.15, 0.2) is 18.3 Å². The third-order valence-electron chi connectivity index (χ3n) is 2.97. The van der Waals surface area contributed by atoms with Crippen molar-refractivity contribution in [1.29, 1.82) is 0 Å². The zero-order valence-corrected chi connectivity index (χ0v) is 10.2. The van der Waals surface area contributed by atoms with E-state index in [-0.39, 0.29) is 0 Å². The zero-order valence-electron chi connectivity index (χ0n) is 10.2. The van der Waals surface area contributed by atoms with Crippen molar-refractivity contribution >= 4 is 5.82 Å². The maximum atomic E-state index is 5.62. The normalized spacial score (nSPS) is 16.5. The van der Waals surface area contributed by atoms with Crippen molar-refractivity contribution in [2.75, 3.05) is 37.7 Å². The molecule has 0 saturated carbocycles. The molecule has 0 unspecified atom stereocenters. The summed E-state index contributed by atoms with van der Waals surface area (Å²) < 4.78 is 0. The summed E-state index contributed by atoms with van der Waals surface area (Å²) in [4.78, 5) is 8.98. The van der Waals surface area contributed by atoms with Gasteiger partial charge in [-0.1, -0.05) is 5.92 Å². The standard InChI is InChI=1S/C13H18N4/c1-2-3-12-4-5-13(15-10-12)17-8-6-16(11-14)7-9-17/h4-5,10H,6-9,11,14H2,1H3. The van der Waals surface area contributed by atoms with Gasteiger partial charge in [-0.15, -0.1) is 5.92 Å². The molecule has 17 heavy (non-hydrogen) atoms. The first-order chi connectivity index (χ1) is 8.33. The molecule has 0 aromatic carbocycles. The van der Waals surface area contributed by atoms with Gasteiger partial charge >= 0.3 is 0 Å². The van der Waals surface area contributed by atoms with Crippen LogP contribution in [0.4, 0.5) is 5.82 Å². The van der Waals surface area contributed by atoms with Gasteiger partial charge in [-0.05, 0) is 19.1 Å². The Balaban J connectivity index is 2.00. The van der Waals surface area contributed by atoms with Gasteiger partial charge in [0.05, 0.1) is 0 Å². The van der Waals surface area contributed by atoms with Crippen molar-refractivity contribution < 1.29 is 0 Å². The third kappa shape index (κ3) is 2.96. The summed E-state index contributed by atoms with van der Waals surface area (Å²) in [7, 11) is 0. The first-order valence-corrected chi connectivity index (χ1v) is 5.89. The van der Waals surface area contributed by atoms with E-state index in [1.165, 1.54) is 0 Å². The fraction of sp³-hybridized carbons (Fsp3) is 0.462. The summed E-state index contributed by atoms with van der Waals surface area (Å²) in [6.07, 6.45) is 1.83. The predicted octanol–water partition coefficient (Wildman–Crippen LogP) is 0.491. The Morgan fingerprint density at radius 1 is 1.29 bits per heavy atom. The largest absolute Gasteiger partial charge is 0.354 e. The molecular formula is C13H18N4. The minimum absolute atomic E-state index is 0.645. The lowest BCUT2D eigenvalue weighted by atomic mass is 10.2. The van der Waals surface area contributed by atoms with Crippen LogP contribution in [0.3, 0.4) is 0 Å². The quantitative estimate of drug-likeness (QED) is 0.751. The Bertz CT molecular complexity index is 407. The fourth-order valence-corrected chi connectivity index (χ4v) is 1.95. The zero-order chi connectivity index (χ0) is 12.1. The second-order valence-electron chi connectivity index (χ2n) is 4.07. The molecule has 2 N–H and O–H groups in total. The number of anilines is 1. The van der Waals surface area contributed by atoms with Crippen LogP contribution in [0.2, 0.25) is 0 Å². The lowest BCUT2D eigenvalue weighted by Crippen LogP contribution is -2.48. The molecular weight excluding hydrogens is 212 g/mol. The molecule has 2 heterocycles. The van der Waals surface area contributed by atoms with Crippen LogP contribution < -0.4 is 10.6 Å². The summed E-state index contributed by atoms with van der Waals surface area (Å²) in [5, 5.41) is 0. The van der Waals surface area contributed by atoms with Crippen molar-refractivity contribution in [3.8, 4) is 11.8 Å². The Kier molecular flexibility index (Phi) is 3.97. The molecule has 1 fully saturated rings. The van der Waals surface area contributed by atoms with Crippen LogP contribution in [-0.2, 0) is 0 Å². The highest BCUT2D eigenvalue weighted by atomic mass is 15.3. The number of nitrogens with zero attached hydrogens (tertiary/aromatic N) is 3. The number of pyridine rings is 1. The second-order valence-corrected chi connectivity index (χ2v) is 4.07. The van der Waals surface area contributed by atoms with Crippen LogP contribution in [-0.4, -0.2) is 42.7 Å². The number of rotatable bonds is 2. The molecule has 0 aliphatic carbocycles. The van der Waals surface area contributed by atoms with E-state index < -0.39 is 0 Å². The summed E-state index contributed by atoms with van der Waals surface area (Å²) >= 11 is 0. The molecule has 90 valence electrons. The van der Waals surface area contributed by atoms with Gasteiger partial charge < -0.3 is 10.6 Å². The van der Waals surface area contributed by atoms with Gasteiger partial charge in [-0.2, -0.15) is 0 Å². The lowest BCUT2D eigenvalue weighted by molar-refractivity contribution is 0.264. The third-order valence-corrected chi connectivity index (χ3v) is 2.97. The average molecular weight is 230 g/mol. The van der Waals surface area contributed by atoms with Gasteiger partial charge in [0.2, 0.25) is 0 Å². The molecule has 0 atom stereocenters. The highest BCUT2D eigenvalue weighted by Gasteiger charge is 2.16. The van der Waals surface area contributed by atoms with Crippen molar-refractivity contribution in [3.63, 3.8) is 0 Å². The van der Waals surface area contributed by atoms with Gasteiger partial charge in [0.1, 0.15) is 5.82 Å². The number of hydrogen-bond acceptors (Lipinski definition) is 4. The van der Waals surface area contributed by atoms with E-state index in [0.29, 0.717) is 6.67 Å². The smallest absolute Gasteiger partial charge is 0.128 e. The molecule has 0 spiro atoms. The van der Waals surface area contributed by atoms with Crippen molar-refractivity contribution in [2.45, 2.75) is 6.92 Å². The van der Waals surface area contributed by atoms with E-state index in [2.05, 4.69) is 26.6 Å². The SMILES string of the molecule is CC#Cc1ccc(N2CCN(CN)CC2)nc1. The summed E-state index contributed by atoms with van der Waals surface area (Å²) in [6, 6.07) is 4.06. The molecule has 4 nitrogen and oxygen atoms in total. The average Bonchev–Trinajstić information content (AvgIpc) is 2.40. The molecule has 1 aromatic heterocycles. The molecule has 0 bridgehead atoms. The minimum atomic E-state index is 0.645. The molecule has 1 aliphatic heterocycles. The summed E-state index contributed by atoms with van der Waals surface area (Å²) in [6.45, 7) is 6.47. The Morgan fingerprint density at radius 2 is 2.06 bits per heavy atom. The van der Waals surface area contributed by atoms with E-state index in [0.717, 1.165) is 37.6 Å². The van der Waals surface area contributed by atoms with E-state index in [4.69, 9.17) is 5.73 Å². The molecule has 0 radical (unpaired) electrons. The van der Waals surface area contributed by atoms with Gasteiger partial charge in [-0.25, -0.2) is 4.98 Å². The van der Waals surface area contributed by atoms with E-state index >= 15 is 0 Å². The molecule has 4 heteroatoms. The molecule has 1 saturated heterocycles. The predicted molar refractivity (Wildman–Crippen MR) is 69.6 cm³/mol. The Morgan fingerprint density at radius 3 is 2.59 bits per heavy atom. The number of piperazine rings is 1. The molecule has 1 aromatic rings. The lowest BCUT2D eigenvalue weighted by Gasteiger charge is -2.34. The van der Waals surface area contributed by atoms with E-state index in [1.54, 1.807) is 0 Å².